The molecule has 0 saturated heterocycles. The number of rotatable bonds is 3. The van der Waals surface area contributed by atoms with Crippen molar-refractivity contribution in [3.63, 3.8) is 0 Å². The van der Waals surface area contributed by atoms with Crippen molar-refractivity contribution in [2.24, 2.45) is 5.92 Å². The molecule has 0 saturated carbocycles. The number of aryl methyl sites for hydroxylation is 1. The third-order valence-corrected chi connectivity index (χ3v) is 2.60. The first-order chi connectivity index (χ1) is 5.65. The van der Waals surface area contributed by atoms with Crippen LogP contribution in [0, 0.1) is 17.6 Å². The van der Waals surface area contributed by atoms with Gasteiger partial charge in [-0.15, -0.1) is 0 Å². The summed E-state index contributed by atoms with van der Waals surface area (Å²) in [4.78, 5) is 3.04. The van der Waals surface area contributed by atoms with Crippen LogP contribution in [0.5, 0.6) is 0 Å². The lowest BCUT2D eigenvalue weighted by Crippen LogP contribution is -2.07. The number of aromatic amines is 1. The van der Waals surface area contributed by atoms with Gasteiger partial charge in [-0.05, 0) is 25.1 Å². The van der Waals surface area contributed by atoms with Crippen molar-refractivity contribution < 1.29 is 0 Å². The highest BCUT2D eigenvalue weighted by Crippen LogP contribution is 2.08. The molecule has 1 aromatic heterocycles. The molecule has 0 aliphatic heterocycles. The molecule has 0 fully saturated rings. The highest BCUT2D eigenvalue weighted by atomic mass is 32.1. The number of hydrogen-bond acceptors (Lipinski definition) is 1. The average molecular weight is 184 g/mol. The van der Waals surface area contributed by atoms with Gasteiger partial charge in [0.15, 0.2) is 4.77 Å². The minimum absolute atomic E-state index is 0.700. The Hall–Kier alpha value is -0.570. The topological polar surface area (TPSA) is 20.7 Å². The zero-order chi connectivity index (χ0) is 9.14. The standard InChI is InChI=1S/C9H16N2S/c1-4-7(2)6-11-8(3)5-10-9(11)12/h5,7H,4,6H2,1-3H3,(H,10,12). The molecular formula is C9H16N2S. The molecule has 1 rings (SSSR count). The van der Waals surface area contributed by atoms with Gasteiger partial charge in [0.25, 0.3) is 0 Å². The van der Waals surface area contributed by atoms with Gasteiger partial charge in [0, 0.05) is 18.4 Å². The van der Waals surface area contributed by atoms with Crippen molar-refractivity contribution in [2.45, 2.75) is 33.7 Å². The van der Waals surface area contributed by atoms with Crippen molar-refractivity contribution in [1.82, 2.24) is 9.55 Å². The van der Waals surface area contributed by atoms with E-state index < -0.39 is 0 Å². The van der Waals surface area contributed by atoms with Crippen LogP contribution in [0.1, 0.15) is 26.0 Å². The van der Waals surface area contributed by atoms with Crippen molar-refractivity contribution in [1.29, 1.82) is 0 Å². The van der Waals surface area contributed by atoms with Gasteiger partial charge in [-0.3, -0.25) is 0 Å². The fourth-order valence-electron chi connectivity index (χ4n) is 1.15. The van der Waals surface area contributed by atoms with Crippen molar-refractivity contribution in [3.8, 4) is 0 Å². The number of nitrogens with zero attached hydrogens (tertiary/aromatic N) is 1. The zero-order valence-corrected chi connectivity index (χ0v) is 8.74. The third kappa shape index (κ3) is 1.97. The molecule has 1 N–H and O–H groups in total. The number of imidazole rings is 1. The third-order valence-electron chi connectivity index (χ3n) is 2.27. The van der Waals surface area contributed by atoms with Crippen molar-refractivity contribution >= 4 is 12.2 Å². The monoisotopic (exact) mass is 184 g/mol. The van der Waals surface area contributed by atoms with E-state index in [0.29, 0.717) is 5.92 Å². The summed E-state index contributed by atoms with van der Waals surface area (Å²) in [6.45, 7) is 7.56. The second-order valence-corrected chi connectivity index (χ2v) is 3.75. The fourth-order valence-corrected chi connectivity index (χ4v) is 1.43. The Morgan fingerprint density at radius 1 is 1.67 bits per heavy atom. The van der Waals surface area contributed by atoms with E-state index in [1.807, 2.05) is 6.20 Å². The largest absolute Gasteiger partial charge is 0.337 e. The Balaban J connectivity index is 2.81. The maximum atomic E-state index is 5.15. The van der Waals surface area contributed by atoms with Crippen LogP contribution in [0.4, 0.5) is 0 Å². The second kappa shape index (κ2) is 3.90. The molecule has 0 radical (unpaired) electrons. The molecule has 2 nitrogen and oxygen atoms in total. The van der Waals surface area contributed by atoms with E-state index >= 15 is 0 Å². The lowest BCUT2D eigenvalue weighted by Gasteiger charge is -2.10. The van der Waals surface area contributed by atoms with Crippen molar-refractivity contribution in [3.05, 3.63) is 16.7 Å². The molecular weight excluding hydrogens is 168 g/mol. The Morgan fingerprint density at radius 3 is 2.75 bits per heavy atom. The van der Waals surface area contributed by atoms with Crippen LogP contribution in [-0.2, 0) is 6.54 Å². The van der Waals surface area contributed by atoms with Gasteiger partial charge in [-0.1, -0.05) is 20.3 Å². The minimum atomic E-state index is 0.700. The molecule has 1 unspecified atom stereocenters. The Labute approximate surface area is 78.6 Å². The molecule has 1 aromatic rings. The summed E-state index contributed by atoms with van der Waals surface area (Å²) >= 11 is 5.15. The van der Waals surface area contributed by atoms with E-state index in [0.717, 1.165) is 11.3 Å². The lowest BCUT2D eigenvalue weighted by atomic mass is 10.1. The molecule has 1 atom stereocenters. The first kappa shape index (κ1) is 9.52. The van der Waals surface area contributed by atoms with Gasteiger partial charge in [0.05, 0.1) is 0 Å². The van der Waals surface area contributed by atoms with Crippen LogP contribution in [0.15, 0.2) is 6.20 Å². The molecule has 0 aliphatic carbocycles. The van der Waals surface area contributed by atoms with Crippen LogP contribution < -0.4 is 0 Å². The van der Waals surface area contributed by atoms with Gasteiger partial charge < -0.3 is 9.55 Å². The molecule has 1 heterocycles. The summed E-state index contributed by atoms with van der Waals surface area (Å²) in [5.74, 6) is 0.700. The maximum absolute atomic E-state index is 5.15. The van der Waals surface area contributed by atoms with Crippen LogP contribution in [-0.4, -0.2) is 9.55 Å². The van der Waals surface area contributed by atoms with E-state index in [1.165, 1.54) is 12.1 Å². The van der Waals surface area contributed by atoms with E-state index in [9.17, 15) is 0 Å². The van der Waals surface area contributed by atoms with Crippen molar-refractivity contribution in [2.75, 3.05) is 0 Å². The van der Waals surface area contributed by atoms with Gasteiger partial charge in [0.2, 0.25) is 0 Å². The quantitative estimate of drug-likeness (QED) is 0.716. The summed E-state index contributed by atoms with van der Waals surface area (Å²) in [6.07, 6.45) is 3.16. The van der Waals surface area contributed by atoms with E-state index in [-0.39, 0.29) is 0 Å². The fraction of sp³-hybridized carbons (Fsp3) is 0.667. The highest BCUT2D eigenvalue weighted by Gasteiger charge is 2.03. The van der Waals surface area contributed by atoms with E-state index in [4.69, 9.17) is 12.2 Å². The average Bonchev–Trinajstić information content (AvgIpc) is 2.35. The molecule has 68 valence electrons. The number of H-pyrrole nitrogens is 1. The number of nitrogens with one attached hydrogen (secondary N) is 1. The van der Waals surface area contributed by atoms with Crippen LogP contribution in [0.2, 0.25) is 0 Å². The van der Waals surface area contributed by atoms with Crippen LogP contribution in [0.3, 0.4) is 0 Å². The first-order valence-corrected chi connectivity index (χ1v) is 4.80. The maximum Gasteiger partial charge on any atom is 0.177 e. The Morgan fingerprint density at radius 2 is 2.33 bits per heavy atom. The minimum Gasteiger partial charge on any atom is -0.337 e. The van der Waals surface area contributed by atoms with Gasteiger partial charge in [-0.25, -0.2) is 0 Å². The summed E-state index contributed by atoms with van der Waals surface area (Å²) in [5, 5.41) is 0. The van der Waals surface area contributed by atoms with Crippen LogP contribution >= 0.6 is 12.2 Å². The first-order valence-electron chi connectivity index (χ1n) is 4.40. The number of aromatic nitrogens is 2. The molecule has 0 spiro atoms. The molecule has 0 amide bonds. The lowest BCUT2D eigenvalue weighted by molar-refractivity contribution is 0.460. The van der Waals surface area contributed by atoms with E-state index in [1.54, 1.807) is 0 Å². The Kier molecular flexibility index (Phi) is 3.09. The van der Waals surface area contributed by atoms with Gasteiger partial charge >= 0.3 is 0 Å². The number of hydrogen-bond donors (Lipinski definition) is 1. The summed E-state index contributed by atoms with van der Waals surface area (Å²) in [6, 6.07) is 0. The molecule has 0 bridgehead atoms. The predicted octanol–water partition coefficient (Wildman–Crippen LogP) is 2.90. The highest BCUT2D eigenvalue weighted by molar-refractivity contribution is 7.71. The summed E-state index contributed by atoms with van der Waals surface area (Å²) < 4.78 is 3.00. The van der Waals surface area contributed by atoms with Crippen LogP contribution in [0.25, 0.3) is 0 Å². The molecule has 0 aromatic carbocycles. The SMILES string of the molecule is CCC(C)Cn1c(C)c[nH]c1=S. The smallest absolute Gasteiger partial charge is 0.177 e. The summed E-state index contributed by atoms with van der Waals surface area (Å²) in [5.41, 5.74) is 1.22. The normalized spacial score (nSPS) is 13.2. The summed E-state index contributed by atoms with van der Waals surface area (Å²) in [7, 11) is 0. The molecule has 3 heteroatoms. The van der Waals surface area contributed by atoms with Gasteiger partial charge in [0.1, 0.15) is 0 Å². The van der Waals surface area contributed by atoms with Gasteiger partial charge in [-0.2, -0.15) is 0 Å². The zero-order valence-electron chi connectivity index (χ0n) is 7.92. The molecule has 12 heavy (non-hydrogen) atoms. The second-order valence-electron chi connectivity index (χ2n) is 3.36. The predicted molar refractivity (Wildman–Crippen MR) is 53.8 cm³/mol. The van der Waals surface area contributed by atoms with E-state index in [2.05, 4.69) is 30.3 Å². The molecule has 0 aliphatic rings. The Bertz CT molecular complexity index is 298.